The molecule has 2 atom stereocenters. The van der Waals surface area contributed by atoms with Crippen LogP contribution in [0.5, 0.6) is 0 Å². The molecule has 1 heterocycles. The summed E-state index contributed by atoms with van der Waals surface area (Å²) in [6.07, 6.45) is 8.85. The predicted octanol–water partition coefficient (Wildman–Crippen LogP) is 4.57. The molecule has 0 fully saturated rings. The molecule has 0 amide bonds. The number of nitrogens with zero attached hydrogens (tertiary/aromatic N) is 1. The number of unbranched alkanes of at least 4 members (excludes halogenated alkanes) is 1. The number of allylic oxidation sites excluding steroid dienone is 3. The molecular formula is C25H28FNO5. The lowest BCUT2D eigenvalue weighted by Crippen LogP contribution is -2.36. The molecular weight excluding hydrogens is 413 g/mol. The fourth-order valence-corrected chi connectivity index (χ4v) is 3.81. The van der Waals surface area contributed by atoms with Crippen LogP contribution in [0.2, 0.25) is 0 Å². The van der Waals surface area contributed by atoms with Gasteiger partial charge in [-0.3, -0.25) is 14.4 Å². The van der Waals surface area contributed by atoms with Crippen LogP contribution in [0.25, 0.3) is 0 Å². The standard InChI is InChI=1S/C25H28FNO5/c1-25(2,3)32-22(28)7-5-4-6-19-14-21-16(8-13-20(23(21)29)24(30)31)15-27(19)18-11-9-17(26)10-12-18/h8-15,19-20H,4-7H2,1-3H3,(H,30,31). The van der Waals surface area contributed by atoms with Crippen LogP contribution in [0.15, 0.2) is 59.8 Å². The van der Waals surface area contributed by atoms with Gasteiger partial charge in [0.25, 0.3) is 0 Å². The number of hydrogen-bond donors (Lipinski definition) is 1. The lowest BCUT2D eigenvalue weighted by atomic mass is 9.83. The molecule has 0 radical (unpaired) electrons. The summed E-state index contributed by atoms with van der Waals surface area (Å²) >= 11 is 0. The van der Waals surface area contributed by atoms with E-state index in [1.54, 1.807) is 30.5 Å². The molecule has 0 spiro atoms. The minimum Gasteiger partial charge on any atom is -0.480 e. The van der Waals surface area contributed by atoms with Crippen molar-refractivity contribution in [1.29, 1.82) is 0 Å². The average Bonchev–Trinajstić information content (AvgIpc) is 2.70. The number of carboxylic acid groups (broad SMARTS) is 1. The number of anilines is 1. The zero-order valence-electron chi connectivity index (χ0n) is 18.5. The maximum absolute atomic E-state index is 13.4. The Kier molecular flexibility index (Phi) is 6.96. The summed E-state index contributed by atoms with van der Waals surface area (Å²) in [6.45, 7) is 5.47. The molecule has 0 aromatic heterocycles. The van der Waals surface area contributed by atoms with Gasteiger partial charge in [0.15, 0.2) is 5.78 Å². The first-order valence-electron chi connectivity index (χ1n) is 10.7. The van der Waals surface area contributed by atoms with E-state index in [2.05, 4.69) is 0 Å². The molecule has 0 bridgehead atoms. The van der Waals surface area contributed by atoms with Crippen LogP contribution < -0.4 is 4.90 Å². The first-order valence-corrected chi connectivity index (χ1v) is 10.7. The Morgan fingerprint density at radius 2 is 1.84 bits per heavy atom. The second kappa shape index (κ2) is 9.51. The van der Waals surface area contributed by atoms with E-state index < -0.39 is 23.3 Å². The van der Waals surface area contributed by atoms with Crippen molar-refractivity contribution in [3.63, 3.8) is 0 Å². The van der Waals surface area contributed by atoms with Crippen molar-refractivity contribution in [2.75, 3.05) is 4.90 Å². The minimum atomic E-state index is -1.19. The molecule has 0 saturated carbocycles. The highest BCUT2D eigenvalue weighted by molar-refractivity contribution is 6.13. The van der Waals surface area contributed by atoms with Crippen molar-refractivity contribution >= 4 is 23.4 Å². The first kappa shape index (κ1) is 23.4. The maximum atomic E-state index is 13.4. The number of rotatable bonds is 7. The third kappa shape index (κ3) is 5.72. The van der Waals surface area contributed by atoms with Gasteiger partial charge in [-0.25, -0.2) is 4.39 Å². The molecule has 1 N–H and O–H groups in total. The Bertz CT molecular complexity index is 985. The Hall–Kier alpha value is -3.22. The summed E-state index contributed by atoms with van der Waals surface area (Å²) in [5, 5.41) is 9.32. The fraction of sp³-hybridized carbons (Fsp3) is 0.400. The Balaban J connectivity index is 1.77. The number of hydrogen-bond acceptors (Lipinski definition) is 5. The van der Waals surface area contributed by atoms with Gasteiger partial charge < -0.3 is 14.7 Å². The van der Waals surface area contributed by atoms with Gasteiger partial charge in [0.1, 0.15) is 17.3 Å². The smallest absolute Gasteiger partial charge is 0.318 e. The molecule has 2 unspecified atom stereocenters. The predicted molar refractivity (Wildman–Crippen MR) is 118 cm³/mol. The molecule has 0 saturated heterocycles. The molecule has 3 rings (SSSR count). The van der Waals surface area contributed by atoms with Gasteiger partial charge in [-0.1, -0.05) is 24.6 Å². The normalized spacial score (nSPS) is 20.4. The highest BCUT2D eigenvalue weighted by Gasteiger charge is 2.34. The molecule has 1 aromatic rings. The monoisotopic (exact) mass is 441 g/mol. The molecule has 170 valence electrons. The second-order valence-corrected chi connectivity index (χ2v) is 8.99. The van der Waals surface area contributed by atoms with Gasteiger partial charge >= 0.3 is 11.9 Å². The van der Waals surface area contributed by atoms with Crippen LogP contribution in [0.4, 0.5) is 10.1 Å². The van der Waals surface area contributed by atoms with Gasteiger partial charge in [-0.05, 0) is 57.9 Å². The van der Waals surface area contributed by atoms with Gasteiger partial charge in [0, 0.05) is 29.5 Å². The van der Waals surface area contributed by atoms with E-state index in [9.17, 15) is 23.9 Å². The van der Waals surface area contributed by atoms with Crippen LogP contribution in [0, 0.1) is 11.7 Å². The SMILES string of the molecule is CC(C)(C)OC(=O)CCCCC1C=C2C(=O)C(C(=O)O)C=CC2=CN1c1ccc(F)cc1. The van der Waals surface area contributed by atoms with E-state index in [0.29, 0.717) is 36.8 Å². The van der Waals surface area contributed by atoms with E-state index in [4.69, 9.17) is 4.74 Å². The van der Waals surface area contributed by atoms with Crippen LogP contribution in [-0.4, -0.2) is 34.5 Å². The summed E-state index contributed by atoms with van der Waals surface area (Å²) in [5.41, 5.74) is 1.24. The zero-order chi connectivity index (χ0) is 23.5. The number of halogens is 1. The molecule has 7 heteroatoms. The summed E-state index contributed by atoms with van der Waals surface area (Å²) in [7, 11) is 0. The average molecular weight is 441 g/mol. The van der Waals surface area contributed by atoms with E-state index in [1.165, 1.54) is 18.2 Å². The zero-order valence-corrected chi connectivity index (χ0v) is 18.5. The fourth-order valence-electron chi connectivity index (χ4n) is 3.81. The van der Waals surface area contributed by atoms with Crippen molar-refractivity contribution in [3.05, 3.63) is 65.7 Å². The molecule has 32 heavy (non-hydrogen) atoms. The van der Waals surface area contributed by atoms with E-state index >= 15 is 0 Å². The molecule has 1 aliphatic heterocycles. The molecule has 1 aromatic carbocycles. The molecule has 1 aliphatic carbocycles. The lowest BCUT2D eigenvalue weighted by molar-refractivity contribution is -0.155. The number of benzene rings is 1. The summed E-state index contributed by atoms with van der Waals surface area (Å²) in [6, 6.07) is 5.83. The quantitative estimate of drug-likeness (QED) is 0.379. The van der Waals surface area contributed by atoms with E-state index in [1.807, 2.05) is 25.7 Å². The van der Waals surface area contributed by atoms with Crippen molar-refractivity contribution in [1.82, 2.24) is 0 Å². The van der Waals surface area contributed by atoms with Crippen molar-refractivity contribution < 1.29 is 28.6 Å². The number of carbonyl (C=O) groups excluding carboxylic acids is 2. The van der Waals surface area contributed by atoms with E-state index in [0.717, 1.165) is 5.69 Å². The number of carbonyl (C=O) groups is 3. The minimum absolute atomic E-state index is 0.234. The lowest BCUT2D eigenvalue weighted by Gasteiger charge is -2.35. The number of aliphatic carboxylic acids is 1. The molecule has 2 aliphatic rings. The van der Waals surface area contributed by atoms with Crippen LogP contribution in [0.1, 0.15) is 46.5 Å². The Morgan fingerprint density at radius 1 is 1.16 bits per heavy atom. The highest BCUT2D eigenvalue weighted by atomic mass is 19.1. The molecule has 6 nitrogen and oxygen atoms in total. The van der Waals surface area contributed by atoms with E-state index in [-0.39, 0.29) is 17.8 Å². The van der Waals surface area contributed by atoms with Crippen LogP contribution in [0.3, 0.4) is 0 Å². The number of esters is 1. The van der Waals surface area contributed by atoms with Gasteiger partial charge in [0.2, 0.25) is 0 Å². The summed E-state index contributed by atoms with van der Waals surface area (Å²) < 4.78 is 18.8. The number of ketones is 1. The number of fused-ring (bicyclic) bond motifs is 1. The van der Waals surface area contributed by atoms with Gasteiger partial charge in [-0.15, -0.1) is 0 Å². The highest BCUT2D eigenvalue weighted by Crippen LogP contribution is 2.34. The second-order valence-electron chi connectivity index (χ2n) is 8.99. The van der Waals surface area contributed by atoms with Gasteiger partial charge in [-0.2, -0.15) is 0 Å². The van der Waals surface area contributed by atoms with Crippen molar-refractivity contribution in [3.8, 4) is 0 Å². The van der Waals surface area contributed by atoms with Crippen molar-refractivity contribution in [2.45, 2.75) is 58.1 Å². The maximum Gasteiger partial charge on any atom is 0.318 e. The Labute approximate surface area is 187 Å². The summed E-state index contributed by atoms with van der Waals surface area (Å²) in [4.78, 5) is 38.0. The first-order chi connectivity index (χ1) is 15.0. The largest absolute Gasteiger partial charge is 0.480 e. The van der Waals surface area contributed by atoms with Gasteiger partial charge in [0.05, 0.1) is 6.04 Å². The third-order valence-corrected chi connectivity index (χ3v) is 5.26. The van der Waals surface area contributed by atoms with Crippen molar-refractivity contribution in [2.24, 2.45) is 5.92 Å². The summed E-state index contributed by atoms with van der Waals surface area (Å²) in [5.74, 6) is -3.41. The Morgan fingerprint density at radius 3 is 2.47 bits per heavy atom. The van der Waals surface area contributed by atoms with Crippen LogP contribution in [-0.2, 0) is 19.1 Å². The number of ether oxygens (including phenoxy) is 1. The topological polar surface area (TPSA) is 83.9 Å². The van der Waals surface area contributed by atoms with Crippen LogP contribution >= 0.6 is 0 Å². The number of Topliss-reactive ketones (excluding diaryl/α,β-unsaturated/α-hetero) is 1. The third-order valence-electron chi connectivity index (χ3n) is 5.26. The number of carboxylic acids is 1.